The number of carbonyl (C=O) groups is 2. The van der Waals surface area contributed by atoms with Crippen LogP contribution < -0.4 is 15.8 Å². The predicted octanol–water partition coefficient (Wildman–Crippen LogP) is 4.33. The van der Waals surface area contributed by atoms with Crippen LogP contribution in [0.25, 0.3) is 11.1 Å². The van der Waals surface area contributed by atoms with Gasteiger partial charge in [-0.25, -0.2) is 4.79 Å². The number of aryl methyl sites for hydroxylation is 2. The summed E-state index contributed by atoms with van der Waals surface area (Å²) in [5, 5.41) is 10.6. The number of anilines is 1. The normalized spacial score (nSPS) is 16.2. The van der Waals surface area contributed by atoms with Gasteiger partial charge in [0.2, 0.25) is 0 Å². The number of hydrogen-bond acceptors (Lipinski definition) is 8. The Labute approximate surface area is 283 Å². The molecule has 0 atom stereocenters. The van der Waals surface area contributed by atoms with Crippen molar-refractivity contribution in [2.24, 2.45) is 0 Å². The molecule has 48 heavy (non-hydrogen) atoms. The maximum atomic E-state index is 13.9. The molecule has 2 aliphatic heterocycles. The molecular weight excluding hydrogens is 610 g/mol. The Morgan fingerprint density at radius 3 is 2.46 bits per heavy atom. The van der Waals surface area contributed by atoms with Crippen LogP contribution in [0.1, 0.15) is 72.0 Å². The number of pyridine rings is 1. The summed E-state index contributed by atoms with van der Waals surface area (Å²) in [7, 11) is 2.06. The molecule has 2 aliphatic rings. The van der Waals surface area contributed by atoms with E-state index in [1.165, 1.54) is 0 Å². The average molecular weight is 662 g/mol. The zero-order chi connectivity index (χ0) is 34.6. The summed E-state index contributed by atoms with van der Waals surface area (Å²) in [6.45, 7) is 16.8. The van der Waals surface area contributed by atoms with Crippen LogP contribution in [0.3, 0.4) is 0 Å². The highest BCUT2D eigenvalue weighted by Crippen LogP contribution is 2.34. The number of amides is 2. The Kier molecular flexibility index (Phi) is 10.9. The van der Waals surface area contributed by atoms with E-state index in [1.807, 2.05) is 59.9 Å². The highest BCUT2D eigenvalue weighted by molar-refractivity contribution is 5.99. The van der Waals surface area contributed by atoms with Gasteiger partial charge >= 0.3 is 6.09 Å². The largest absolute Gasteiger partial charge is 0.444 e. The zero-order valence-electron chi connectivity index (χ0n) is 29.5. The smallest absolute Gasteiger partial charge is 0.410 e. The third-order valence-electron chi connectivity index (χ3n) is 9.40. The van der Waals surface area contributed by atoms with Gasteiger partial charge in [0.25, 0.3) is 11.5 Å². The van der Waals surface area contributed by atoms with Crippen molar-refractivity contribution < 1.29 is 19.1 Å². The van der Waals surface area contributed by atoms with E-state index in [9.17, 15) is 14.4 Å². The molecule has 3 N–H and O–H groups in total. The van der Waals surface area contributed by atoms with Gasteiger partial charge in [0, 0.05) is 92.5 Å². The van der Waals surface area contributed by atoms with E-state index in [1.54, 1.807) is 4.90 Å². The van der Waals surface area contributed by atoms with E-state index < -0.39 is 5.60 Å². The first-order chi connectivity index (χ1) is 22.8. The van der Waals surface area contributed by atoms with Gasteiger partial charge in [-0.2, -0.15) is 5.10 Å². The van der Waals surface area contributed by atoms with E-state index in [2.05, 4.69) is 43.4 Å². The maximum absolute atomic E-state index is 13.9. The summed E-state index contributed by atoms with van der Waals surface area (Å²) >= 11 is 0. The Morgan fingerprint density at radius 2 is 1.79 bits per heavy atom. The molecule has 2 aromatic heterocycles. The van der Waals surface area contributed by atoms with Gasteiger partial charge in [-0.05, 0) is 89.3 Å². The minimum absolute atomic E-state index is 0.120. The van der Waals surface area contributed by atoms with E-state index in [-0.39, 0.29) is 30.1 Å². The number of likely N-dealkylation sites (tertiary alicyclic amines) is 1. The number of ether oxygens (including phenoxy) is 2. The molecule has 0 bridgehead atoms. The first-order valence-electron chi connectivity index (χ1n) is 17.0. The summed E-state index contributed by atoms with van der Waals surface area (Å²) in [4.78, 5) is 48.6. The lowest BCUT2D eigenvalue weighted by Crippen LogP contribution is -2.47. The molecule has 2 amide bonds. The maximum Gasteiger partial charge on any atom is 0.410 e. The van der Waals surface area contributed by atoms with Crippen molar-refractivity contribution in [3.63, 3.8) is 0 Å². The molecule has 1 aromatic carbocycles. The van der Waals surface area contributed by atoms with E-state index >= 15 is 0 Å². The number of benzene rings is 1. The number of aromatic nitrogens is 3. The van der Waals surface area contributed by atoms with Gasteiger partial charge in [-0.3, -0.25) is 19.6 Å². The fourth-order valence-electron chi connectivity index (χ4n) is 6.63. The van der Waals surface area contributed by atoms with Crippen molar-refractivity contribution in [1.29, 1.82) is 0 Å². The summed E-state index contributed by atoms with van der Waals surface area (Å²) in [6.07, 6.45) is 3.88. The number of hydrogen-bond donors (Lipinski definition) is 3. The summed E-state index contributed by atoms with van der Waals surface area (Å²) in [5.74, 6) is -0.249. The Morgan fingerprint density at radius 1 is 1.08 bits per heavy atom. The summed E-state index contributed by atoms with van der Waals surface area (Å²) in [5.41, 5.74) is 6.62. The summed E-state index contributed by atoms with van der Waals surface area (Å²) in [6, 6.07) is 6.15. The molecule has 3 aromatic rings. The van der Waals surface area contributed by atoms with Crippen LogP contribution in [0.15, 0.2) is 29.2 Å². The number of nitrogens with zero attached hydrogens (tertiary/aromatic N) is 4. The van der Waals surface area contributed by atoms with Crippen LogP contribution in [0.2, 0.25) is 0 Å². The molecule has 0 radical (unpaired) electrons. The molecule has 0 aliphatic carbocycles. The number of H-pyrrole nitrogens is 2. The lowest BCUT2D eigenvalue weighted by atomic mass is 9.94. The topological polar surface area (TPSA) is 136 Å². The molecule has 5 rings (SSSR count). The van der Waals surface area contributed by atoms with E-state index in [4.69, 9.17) is 9.47 Å². The molecule has 260 valence electrons. The van der Waals surface area contributed by atoms with Crippen LogP contribution in [0.5, 0.6) is 0 Å². The predicted molar refractivity (Wildman–Crippen MR) is 187 cm³/mol. The standard InChI is InChI=1S/C36H51N7O5/c1-23-18-24(2)39-34(45)29(23)21-37-33(44)28-19-26(30-22-38-40-31(30)10-11-42-14-16-47-17-15-42)20-32(25(28)3)41(7)27-8-12-43(13-9-27)35(46)48-36(4,5)6/h18-20,22,27H,8-17,21H2,1-7H3,(H,37,44)(H,38,40)(H,39,45). The monoisotopic (exact) mass is 661 g/mol. The molecule has 12 nitrogen and oxygen atoms in total. The molecule has 2 saturated heterocycles. The Hall–Kier alpha value is -4.16. The number of piperidine rings is 1. The first-order valence-corrected chi connectivity index (χ1v) is 17.0. The Balaban J connectivity index is 1.42. The quantitative estimate of drug-likeness (QED) is 0.309. The molecule has 2 fully saturated rings. The van der Waals surface area contributed by atoms with Crippen LogP contribution >= 0.6 is 0 Å². The third kappa shape index (κ3) is 8.46. The number of nitrogens with one attached hydrogen (secondary N) is 3. The van der Waals surface area contributed by atoms with Crippen molar-refractivity contribution in [1.82, 2.24) is 30.3 Å². The minimum atomic E-state index is -0.543. The van der Waals surface area contributed by atoms with Crippen molar-refractivity contribution in [3.8, 4) is 11.1 Å². The highest BCUT2D eigenvalue weighted by atomic mass is 16.6. The highest BCUT2D eigenvalue weighted by Gasteiger charge is 2.30. The second kappa shape index (κ2) is 14.9. The second-order valence-corrected chi connectivity index (χ2v) is 14.1. The number of aromatic amines is 2. The molecule has 12 heteroatoms. The van der Waals surface area contributed by atoms with E-state index in [0.29, 0.717) is 24.2 Å². The second-order valence-electron chi connectivity index (χ2n) is 14.1. The fraction of sp³-hybridized carbons (Fsp3) is 0.556. The van der Waals surface area contributed by atoms with Crippen molar-refractivity contribution in [3.05, 3.63) is 68.4 Å². The first kappa shape index (κ1) is 35.2. The average Bonchev–Trinajstić information content (AvgIpc) is 3.51. The lowest BCUT2D eigenvalue weighted by molar-refractivity contribution is 0.0205. The van der Waals surface area contributed by atoms with Gasteiger partial charge in [-0.1, -0.05) is 0 Å². The van der Waals surface area contributed by atoms with Crippen LogP contribution in [0, 0.1) is 20.8 Å². The van der Waals surface area contributed by atoms with Crippen LogP contribution in [-0.2, 0) is 22.4 Å². The van der Waals surface area contributed by atoms with Crippen LogP contribution in [0.4, 0.5) is 10.5 Å². The van der Waals surface area contributed by atoms with Crippen molar-refractivity contribution >= 4 is 17.7 Å². The van der Waals surface area contributed by atoms with Crippen molar-refractivity contribution in [2.75, 3.05) is 57.9 Å². The SMILES string of the molecule is Cc1cc(C)c(CNC(=O)c2cc(-c3cn[nH]c3CCN3CCOCC3)cc(N(C)C3CCN(C(=O)OC(C)(C)C)CC3)c2C)c(=O)[nH]1. The minimum Gasteiger partial charge on any atom is -0.444 e. The van der Waals surface area contributed by atoms with Gasteiger partial charge in [0.05, 0.1) is 19.4 Å². The summed E-state index contributed by atoms with van der Waals surface area (Å²) < 4.78 is 11.1. The number of rotatable bonds is 9. The molecule has 0 spiro atoms. The molecule has 0 saturated carbocycles. The van der Waals surface area contributed by atoms with Gasteiger partial charge in [-0.15, -0.1) is 0 Å². The fourth-order valence-corrected chi connectivity index (χ4v) is 6.63. The van der Waals surface area contributed by atoms with Crippen molar-refractivity contribution in [2.45, 2.75) is 79.0 Å². The molecule has 0 unspecified atom stereocenters. The van der Waals surface area contributed by atoms with Crippen LogP contribution in [-0.4, -0.2) is 102 Å². The molecule has 4 heterocycles. The Bertz CT molecular complexity index is 1660. The number of carbonyl (C=O) groups excluding carboxylic acids is 2. The number of morpholine rings is 1. The van der Waals surface area contributed by atoms with E-state index in [0.717, 1.165) is 91.4 Å². The van der Waals surface area contributed by atoms with Gasteiger partial charge < -0.3 is 29.6 Å². The zero-order valence-corrected chi connectivity index (χ0v) is 29.5. The van der Waals surface area contributed by atoms with Gasteiger partial charge in [0.1, 0.15) is 5.60 Å². The molecular formula is C36H51N7O5. The third-order valence-corrected chi connectivity index (χ3v) is 9.40. The lowest BCUT2D eigenvalue weighted by Gasteiger charge is -2.39. The van der Waals surface area contributed by atoms with Gasteiger partial charge in [0.15, 0.2) is 0 Å².